The van der Waals surface area contributed by atoms with Gasteiger partial charge in [-0.1, -0.05) is 0 Å². The summed E-state index contributed by atoms with van der Waals surface area (Å²) in [6.45, 7) is 3.52. The van der Waals surface area contributed by atoms with E-state index in [1.807, 2.05) is 4.72 Å². The second-order valence-electron chi connectivity index (χ2n) is 2.84. The number of nitrogens with zero attached hydrogens (tertiary/aromatic N) is 2. The molecule has 0 atom stereocenters. The normalized spacial score (nSPS) is 11.3. The average molecular weight is 251 g/mol. The van der Waals surface area contributed by atoms with Gasteiger partial charge in [-0.05, 0) is 13.8 Å². The largest absolute Gasteiger partial charge is 0.320 e. The number of hydrogen-bond donors (Lipinski definition) is 1. The van der Waals surface area contributed by atoms with Crippen LogP contribution in [0.1, 0.15) is 10.6 Å². The summed E-state index contributed by atoms with van der Waals surface area (Å²) in [5.41, 5.74) is 0.707. The molecule has 1 rings (SSSR count). The monoisotopic (exact) mass is 251 g/mol. The van der Waals surface area contributed by atoms with E-state index in [1.165, 1.54) is 0 Å². The van der Waals surface area contributed by atoms with Crippen molar-refractivity contribution in [2.45, 2.75) is 13.8 Å². The molecule has 0 saturated carbocycles. The summed E-state index contributed by atoms with van der Waals surface area (Å²) < 4.78 is 24.3. The lowest BCUT2D eigenvalue weighted by atomic mass is 10.4. The van der Waals surface area contributed by atoms with Crippen molar-refractivity contribution in [3.63, 3.8) is 0 Å². The maximum absolute atomic E-state index is 11.1. The molecule has 0 saturated heterocycles. The van der Waals surface area contributed by atoms with Gasteiger partial charge in [0.25, 0.3) is 0 Å². The molecule has 0 bridgehead atoms. The molecule has 0 radical (unpaired) electrons. The quantitative estimate of drug-likeness (QED) is 0.628. The van der Waals surface area contributed by atoms with Crippen LogP contribution >= 0.6 is 11.3 Å². The van der Waals surface area contributed by atoms with Crippen LogP contribution in [-0.2, 0) is 10.0 Å². The molecule has 84 valence electrons. The zero-order valence-electron chi connectivity index (χ0n) is 8.05. The van der Waals surface area contributed by atoms with Gasteiger partial charge in [0.1, 0.15) is 0 Å². The van der Waals surface area contributed by atoms with Crippen molar-refractivity contribution in [1.29, 1.82) is 0 Å². The first-order chi connectivity index (χ1) is 6.80. The summed E-state index contributed by atoms with van der Waals surface area (Å²) in [6, 6.07) is 0. The number of aromatic nitrogens is 1. The van der Waals surface area contributed by atoms with Crippen LogP contribution in [0.3, 0.4) is 0 Å². The predicted octanol–water partition coefficient (Wildman–Crippen LogP) is 0.736. The van der Waals surface area contributed by atoms with Crippen molar-refractivity contribution in [2.24, 2.45) is 0 Å². The molecule has 0 aliphatic rings. The lowest BCUT2D eigenvalue weighted by Gasteiger charge is -1.98. The van der Waals surface area contributed by atoms with Gasteiger partial charge in [0, 0.05) is 9.80 Å². The molecule has 1 aromatic rings. The minimum atomic E-state index is -3.94. The zero-order valence-corrected chi connectivity index (χ0v) is 9.68. The van der Waals surface area contributed by atoms with E-state index in [4.69, 9.17) is 0 Å². The molecule has 1 N–H and O–H groups in total. The Morgan fingerprint density at radius 2 is 2.13 bits per heavy atom. The van der Waals surface area contributed by atoms with Crippen LogP contribution in [0, 0.1) is 24.0 Å². The Morgan fingerprint density at radius 3 is 2.53 bits per heavy atom. The van der Waals surface area contributed by atoms with Gasteiger partial charge in [-0.3, -0.25) is 14.8 Å². The highest BCUT2D eigenvalue weighted by Gasteiger charge is 2.19. The molecular formula is C6H9N3O4S2. The highest BCUT2D eigenvalue weighted by Crippen LogP contribution is 2.21. The smallest absolute Gasteiger partial charge is 0.263 e. The lowest BCUT2D eigenvalue weighted by Crippen LogP contribution is -2.21. The van der Waals surface area contributed by atoms with E-state index in [-0.39, 0.29) is 5.13 Å². The molecule has 0 aliphatic heterocycles. The van der Waals surface area contributed by atoms with Crippen LogP contribution in [-0.4, -0.2) is 24.2 Å². The molecule has 7 nitrogen and oxygen atoms in total. The van der Waals surface area contributed by atoms with Crippen molar-refractivity contribution in [3.05, 3.63) is 20.7 Å². The standard InChI is InChI=1S/C6H9N3O4S2/c1-4-5(2)14-6(7-4)8-15(12,13)3-9(10)11/h3H2,1-2H3,(H,7,8). The van der Waals surface area contributed by atoms with E-state index in [0.29, 0.717) is 5.69 Å². The van der Waals surface area contributed by atoms with Crippen LogP contribution < -0.4 is 4.72 Å². The third kappa shape index (κ3) is 3.44. The van der Waals surface area contributed by atoms with Crippen molar-refractivity contribution < 1.29 is 13.3 Å². The molecule has 9 heteroatoms. The number of sulfonamides is 1. The highest BCUT2D eigenvalue weighted by molar-refractivity contribution is 7.92. The summed E-state index contributed by atoms with van der Waals surface area (Å²) in [7, 11) is -3.94. The number of nitro groups is 1. The van der Waals surface area contributed by atoms with Crippen molar-refractivity contribution in [3.8, 4) is 0 Å². The van der Waals surface area contributed by atoms with Gasteiger partial charge in [0.15, 0.2) is 5.13 Å². The zero-order chi connectivity index (χ0) is 11.6. The van der Waals surface area contributed by atoms with Gasteiger partial charge in [-0.15, -0.1) is 11.3 Å². The number of anilines is 1. The summed E-state index contributed by atoms with van der Waals surface area (Å²) in [4.78, 5) is 13.9. The molecule has 1 heterocycles. The Morgan fingerprint density at radius 1 is 1.53 bits per heavy atom. The maximum atomic E-state index is 11.1. The van der Waals surface area contributed by atoms with E-state index in [9.17, 15) is 18.5 Å². The third-order valence-electron chi connectivity index (χ3n) is 1.55. The predicted molar refractivity (Wildman–Crippen MR) is 56.0 cm³/mol. The number of thiazole rings is 1. The Kier molecular flexibility index (Phi) is 3.25. The summed E-state index contributed by atoms with van der Waals surface area (Å²) >= 11 is 1.14. The molecule has 0 aliphatic carbocycles. The van der Waals surface area contributed by atoms with E-state index < -0.39 is 20.8 Å². The fourth-order valence-corrected chi connectivity index (χ4v) is 2.69. The molecular weight excluding hydrogens is 242 g/mol. The minimum Gasteiger partial charge on any atom is -0.263 e. The molecule has 0 unspecified atom stereocenters. The Labute approximate surface area is 90.3 Å². The van der Waals surface area contributed by atoms with Gasteiger partial charge in [0.05, 0.1) is 5.69 Å². The van der Waals surface area contributed by atoms with Crippen LogP contribution in [0.15, 0.2) is 0 Å². The summed E-state index contributed by atoms with van der Waals surface area (Å²) in [5.74, 6) is -1.15. The van der Waals surface area contributed by atoms with E-state index in [2.05, 4.69) is 4.98 Å². The Balaban J connectivity index is 2.82. The molecule has 0 amide bonds. The van der Waals surface area contributed by atoms with Crippen LogP contribution in [0.2, 0.25) is 0 Å². The van der Waals surface area contributed by atoms with Crippen molar-refractivity contribution in [2.75, 3.05) is 10.6 Å². The first-order valence-electron chi connectivity index (χ1n) is 3.86. The number of rotatable bonds is 4. The maximum Gasteiger partial charge on any atom is 0.320 e. The molecule has 1 aromatic heterocycles. The van der Waals surface area contributed by atoms with Gasteiger partial charge in [0.2, 0.25) is 0 Å². The second kappa shape index (κ2) is 4.11. The Hall–Kier alpha value is -1.22. The van der Waals surface area contributed by atoms with Crippen molar-refractivity contribution >= 4 is 26.5 Å². The lowest BCUT2D eigenvalue weighted by molar-refractivity contribution is -0.458. The first kappa shape index (κ1) is 11.9. The van der Waals surface area contributed by atoms with Gasteiger partial charge in [-0.2, -0.15) is 8.42 Å². The fraction of sp³-hybridized carbons (Fsp3) is 0.500. The van der Waals surface area contributed by atoms with Crippen molar-refractivity contribution in [1.82, 2.24) is 4.98 Å². The summed E-state index contributed by atoms with van der Waals surface area (Å²) in [6.07, 6.45) is 0. The van der Waals surface area contributed by atoms with Crippen LogP contribution in [0.5, 0.6) is 0 Å². The highest BCUT2D eigenvalue weighted by atomic mass is 32.2. The second-order valence-corrected chi connectivity index (χ2v) is 5.73. The molecule has 15 heavy (non-hydrogen) atoms. The van der Waals surface area contributed by atoms with E-state index >= 15 is 0 Å². The Bertz CT molecular complexity index is 459. The first-order valence-corrected chi connectivity index (χ1v) is 6.33. The molecule has 0 fully saturated rings. The SMILES string of the molecule is Cc1nc(NS(=O)(=O)C[N+](=O)[O-])sc1C. The van der Waals surface area contributed by atoms with E-state index in [1.54, 1.807) is 13.8 Å². The van der Waals surface area contributed by atoms with Gasteiger partial charge >= 0.3 is 15.9 Å². The topological polar surface area (TPSA) is 102 Å². The number of hydrogen-bond acceptors (Lipinski definition) is 6. The molecule has 0 aromatic carbocycles. The molecule has 0 spiro atoms. The van der Waals surface area contributed by atoms with Crippen LogP contribution in [0.4, 0.5) is 5.13 Å². The fourth-order valence-electron chi connectivity index (χ4n) is 0.820. The van der Waals surface area contributed by atoms with Crippen LogP contribution in [0.25, 0.3) is 0 Å². The van der Waals surface area contributed by atoms with Gasteiger partial charge < -0.3 is 0 Å². The number of aryl methyl sites for hydroxylation is 2. The van der Waals surface area contributed by atoms with Gasteiger partial charge in [-0.25, -0.2) is 4.98 Å². The minimum absolute atomic E-state index is 0.159. The third-order valence-corrected chi connectivity index (χ3v) is 3.72. The average Bonchev–Trinajstić information content (AvgIpc) is 2.25. The summed E-state index contributed by atoms with van der Waals surface area (Å²) in [5, 5.41) is 10.2. The van der Waals surface area contributed by atoms with E-state index in [0.717, 1.165) is 16.2 Å². The number of nitrogens with one attached hydrogen (secondary N) is 1.